The Morgan fingerprint density at radius 1 is 1.45 bits per heavy atom. The van der Waals surface area contributed by atoms with Crippen LogP contribution in [-0.4, -0.2) is 25.8 Å². The molecule has 0 spiro atoms. The summed E-state index contributed by atoms with van der Waals surface area (Å²) in [4.78, 5) is 11.7. The lowest BCUT2D eigenvalue weighted by atomic mass is 10.2. The molecule has 0 unspecified atom stereocenters. The molecule has 1 aromatic rings. The molecule has 0 atom stereocenters. The molecule has 0 aliphatic heterocycles. The highest BCUT2D eigenvalue weighted by Gasteiger charge is 2.17. The fourth-order valence-electron chi connectivity index (χ4n) is 1.56. The SMILES string of the molecule is Cc1ccc(Cl)cc1NC(=O)CS(=O)(=O)CCCC#N. The summed E-state index contributed by atoms with van der Waals surface area (Å²) in [5.41, 5.74) is 1.29. The number of benzene rings is 1. The van der Waals surface area contributed by atoms with E-state index in [0.29, 0.717) is 10.7 Å². The van der Waals surface area contributed by atoms with Gasteiger partial charge >= 0.3 is 0 Å². The Morgan fingerprint density at radius 3 is 2.80 bits per heavy atom. The van der Waals surface area contributed by atoms with Crippen LogP contribution in [0.25, 0.3) is 0 Å². The molecule has 1 amide bonds. The highest BCUT2D eigenvalue weighted by Crippen LogP contribution is 2.20. The van der Waals surface area contributed by atoms with E-state index < -0.39 is 21.5 Å². The zero-order valence-corrected chi connectivity index (χ0v) is 12.6. The summed E-state index contributed by atoms with van der Waals surface area (Å²) in [6.07, 6.45) is 0.399. The van der Waals surface area contributed by atoms with Crippen LogP contribution in [0.5, 0.6) is 0 Å². The molecule has 20 heavy (non-hydrogen) atoms. The number of nitriles is 1. The Morgan fingerprint density at radius 2 is 2.15 bits per heavy atom. The van der Waals surface area contributed by atoms with E-state index in [1.54, 1.807) is 25.1 Å². The first-order valence-electron chi connectivity index (χ1n) is 5.97. The molecule has 1 rings (SSSR count). The average Bonchev–Trinajstić information content (AvgIpc) is 2.33. The zero-order chi connectivity index (χ0) is 15.2. The summed E-state index contributed by atoms with van der Waals surface area (Å²) in [5.74, 6) is -1.36. The summed E-state index contributed by atoms with van der Waals surface area (Å²) in [6.45, 7) is 1.79. The minimum atomic E-state index is -3.49. The van der Waals surface area contributed by atoms with Gasteiger partial charge in [-0.3, -0.25) is 4.79 Å². The second kappa shape index (κ2) is 7.27. The topological polar surface area (TPSA) is 87.0 Å². The van der Waals surface area contributed by atoms with Crippen LogP contribution in [0.15, 0.2) is 18.2 Å². The van der Waals surface area contributed by atoms with Gasteiger partial charge < -0.3 is 5.32 Å². The summed E-state index contributed by atoms with van der Waals surface area (Å²) >= 11 is 5.82. The van der Waals surface area contributed by atoms with Gasteiger partial charge in [-0.2, -0.15) is 5.26 Å². The fourth-order valence-corrected chi connectivity index (χ4v) is 2.93. The molecule has 0 saturated carbocycles. The summed E-state index contributed by atoms with van der Waals surface area (Å²) < 4.78 is 23.3. The third kappa shape index (κ3) is 5.59. The largest absolute Gasteiger partial charge is 0.325 e. The minimum Gasteiger partial charge on any atom is -0.325 e. The normalized spacial score (nSPS) is 10.8. The molecule has 7 heteroatoms. The standard InChI is InChI=1S/C13H15ClN2O3S/c1-10-4-5-11(14)8-12(10)16-13(17)9-20(18,19)7-3-2-6-15/h4-5,8H,2-3,7,9H2,1H3,(H,16,17). The van der Waals surface area contributed by atoms with E-state index in [0.717, 1.165) is 5.56 Å². The number of hydrogen-bond acceptors (Lipinski definition) is 4. The molecule has 0 fully saturated rings. The molecule has 0 aromatic heterocycles. The summed E-state index contributed by atoms with van der Waals surface area (Å²) in [5, 5.41) is 11.4. The molecule has 0 bridgehead atoms. The Bertz CT molecular complexity index is 636. The smallest absolute Gasteiger partial charge is 0.239 e. The highest BCUT2D eigenvalue weighted by molar-refractivity contribution is 7.92. The highest BCUT2D eigenvalue weighted by atomic mass is 35.5. The number of rotatable bonds is 6. The van der Waals surface area contributed by atoms with E-state index >= 15 is 0 Å². The third-order valence-electron chi connectivity index (χ3n) is 2.57. The van der Waals surface area contributed by atoms with E-state index in [4.69, 9.17) is 16.9 Å². The number of unbranched alkanes of at least 4 members (excludes halogenated alkanes) is 1. The van der Waals surface area contributed by atoms with Crippen LogP contribution in [-0.2, 0) is 14.6 Å². The number of nitrogens with one attached hydrogen (secondary N) is 1. The van der Waals surface area contributed by atoms with Gasteiger partial charge in [0.2, 0.25) is 5.91 Å². The van der Waals surface area contributed by atoms with Gasteiger partial charge in [0.25, 0.3) is 0 Å². The number of hydrogen-bond donors (Lipinski definition) is 1. The molecular formula is C13H15ClN2O3S. The van der Waals surface area contributed by atoms with Gasteiger partial charge in [0, 0.05) is 17.1 Å². The average molecular weight is 315 g/mol. The van der Waals surface area contributed by atoms with E-state index in [1.165, 1.54) is 0 Å². The maximum absolute atomic E-state index is 11.7. The minimum absolute atomic E-state index is 0.161. The molecule has 1 N–H and O–H groups in total. The predicted octanol–water partition coefficient (Wildman–Crippen LogP) is 2.31. The van der Waals surface area contributed by atoms with Crippen LogP contribution in [0.3, 0.4) is 0 Å². The number of carbonyl (C=O) groups is 1. The Balaban J connectivity index is 2.64. The van der Waals surface area contributed by atoms with Gasteiger partial charge in [0.15, 0.2) is 9.84 Å². The van der Waals surface area contributed by atoms with Crippen LogP contribution >= 0.6 is 11.6 Å². The van der Waals surface area contributed by atoms with Crippen molar-refractivity contribution in [2.45, 2.75) is 19.8 Å². The zero-order valence-electron chi connectivity index (χ0n) is 11.0. The van der Waals surface area contributed by atoms with Gasteiger partial charge in [-0.1, -0.05) is 17.7 Å². The fraction of sp³-hybridized carbons (Fsp3) is 0.385. The second-order valence-corrected chi connectivity index (χ2v) is 6.98. The van der Waals surface area contributed by atoms with Crippen LogP contribution in [0.1, 0.15) is 18.4 Å². The van der Waals surface area contributed by atoms with Gasteiger partial charge in [0.05, 0.1) is 11.8 Å². The van der Waals surface area contributed by atoms with Gasteiger partial charge in [-0.25, -0.2) is 8.42 Å². The summed E-state index contributed by atoms with van der Waals surface area (Å²) in [7, 11) is -3.49. The molecular weight excluding hydrogens is 300 g/mol. The van der Waals surface area contributed by atoms with Crippen molar-refractivity contribution >= 4 is 33.0 Å². The van der Waals surface area contributed by atoms with E-state index in [-0.39, 0.29) is 18.6 Å². The number of halogens is 1. The lowest BCUT2D eigenvalue weighted by Crippen LogP contribution is -2.25. The van der Waals surface area contributed by atoms with Crippen molar-refractivity contribution in [3.8, 4) is 6.07 Å². The number of aryl methyl sites for hydroxylation is 1. The van der Waals surface area contributed by atoms with Crippen molar-refractivity contribution in [3.05, 3.63) is 28.8 Å². The number of anilines is 1. The van der Waals surface area contributed by atoms with Crippen LogP contribution in [0.4, 0.5) is 5.69 Å². The molecule has 0 aliphatic rings. The lowest BCUT2D eigenvalue weighted by molar-refractivity contribution is -0.113. The Kier molecular flexibility index (Phi) is 5.99. The summed E-state index contributed by atoms with van der Waals surface area (Å²) in [6, 6.07) is 6.86. The maximum Gasteiger partial charge on any atom is 0.239 e. The second-order valence-electron chi connectivity index (χ2n) is 4.36. The molecule has 5 nitrogen and oxygen atoms in total. The lowest BCUT2D eigenvalue weighted by Gasteiger charge is -2.09. The number of sulfone groups is 1. The molecule has 108 valence electrons. The van der Waals surface area contributed by atoms with Gasteiger partial charge in [0.1, 0.15) is 5.75 Å². The Labute approximate surface area is 123 Å². The molecule has 1 aromatic carbocycles. The van der Waals surface area contributed by atoms with E-state index in [1.807, 2.05) is 6.07 Å². The van der Waals surface area contributed by atoms with Crippen molar-refractivity contribution in [3.63, 3.8) is 0 Å². The molecule has 0 radical (unpaired) electrons. The molecule has 0 heterocycles. The number of nitrogens with zero attached hydrogens (tertiary/aromatic N) is 1. The van der Waals surface area contributed by atoms with Crippen molar-refractivity contribution in [1.29, 1.82) is 5.26 Å². The number of carbonyl (C=O) groups excluding carboxylic acids is 1. The van der Waals surface area contributed by atoms with E-state index in [2.05, 4.69) is 5.32 Å². The monoisotopic (exact) mass is 314 g/mol. The van der Waals surface area contributed by atoms with Gasteiger partial charge in [-0.05, 0) is 31.0 Å². The Hall–Kier alpha value is -1.58. The third-order valence-corrected chi connectivity index (χ3v) is 4.42. The van der Waals surface area contributed by atoms with E-state index in [9.17, 15) is 13.2 Å². The first-order valence-corrected chi connectivity index (χ1v) is 8.17. The van der Waals surface area contributed by atoms with Crippen LogP contribution in [0, 0.1) is 18.3 Å². The quantitative estimate of drug-likeness (QED) is 0.816. The van der Waals surface area contributed by atoms with Crippen molar-refractivity contribution in [2.75, 3.05) is 16.8 Å². The first kappa shape index (κ1) is 16.5. The maximum atomic E-state index is 11.7. The van der Waals surface area contributed by atoms with Crippen LogP contribution < -0.4 is 5.32 Å². The molecule has 0 aliphatic carbocycles. The molecule has 0 saturated heterocycles. The predicted molar refractivity (Wildman–Crippen MR) is 78.3 cm³/mol. The van der Waals surface area contributed by atoms with Crippen LogP contribution in [0.2, 0.25) is 5.02 Å². The number of amides is 1. The van der Waals surface area contributed by atoms with Crippen molar-refractivity contribution < 1.29 is 13.2 Å². The van der Waals surface area contributed by atoms with Gasteiger partial charge in [-0.15, -0.1) is 0 Å². The van der Waals surface area contributed by atoms with Crippen molar-refractivity contribution in [1.82, 2.24) is 0 Å². The van der Waals surface area contributed by atoms with Crippen molar-refractivity contribution in [2.24, 2.45) is 0 Å². The first-order chi connectivity index (χ1) is 9.34.